The van der Waals surface area contributed by atoms with Gasteiger partial charge in [0.25, 0.3) is 0 Å². The molecule has 2 aromatic carbocycles. The summed E-state index contributed by atoms with van der Waals surface area (Å²) in [6.07, 6.45) is 2.12. The maximum atomic E-state index is 12.4. The molecule has 2 fully saturated rings. The van der Waals surface area contributed by atoms with Crippen molar-refractivity contribution in [2.45, 2.75) is 18.3 Å². The van der Waals surface area contributed by atoms with Gasteiger partial charge >= 0.3 is 0 Å². The molecule has 4 rings (SSSR count). The molecule has 2 aromatic rings. The fraction of sp³-hybridized carbons (Fsp3) is 0.381. The molecule has 1 amide bonds. The summed E-state index contributed by atoms with van der Waals surface area (Å²) in [5.74, 6) is 1.25. The van der Waals surface area contributed by atoms with E-state index in [0.29, 0.717) is 11.8 Å². The average Bonchev–Trinajstić information content (AvgIpc) is 3.54. The van der Waals surface area contributed by atoms with Crippen LogP contribution in [0.4, 0.5) is 0 Å². The van der Waals surface area contributed by atoms with Crippen LogP contribution in [0.15, 0.2) is 60.7 Å². The topological polar surface area (TPSA) is 29.5 Å². The number of benzene rings is 2. The lowest BCUT2D eigenvalue weighted by Gasteiger charge is -2.19. The number of carbonyl (C=O) groups is 1. The third-order valence-corrected chi connectivity index (χ3v) is 5.85. The molecule has 2 aliphatic carbocycles. The SMILES string of the molecule is CON(C)C(=O)[C@@H]1C[C@H]1[C@@H]1CC1(c1ccccc1)c1ccccc1. The minimum Gasteiger partial charge on any atom is -0.275 e. The predicted molar refractivity (Wildman–Crippen MR) is 93.1 cm³/mol. The van der Waals surface area contributed by atoms with Crippen LogP contribution < -0.4 is 0 Å². The molecule has 0 bridgehead atoms. The standard InChI is InChI=1S/C21H23NO2/c1-22(24-2)20(23)18-13-17(18)19-14-21(19,15-9-5-3-6-10-15)16-11-7-4-8-12-16/h3-12,17-19H,13-14H2,1-2H3/t17-,18-,19+/m1/s1. The zero-order valence-corrected chi connectivity index (χ0v) is 14.2. The molecule has 3 atom stereocenters. The van der Waals surface area contributed by atoms with Gasteiger partial charge in [0.05, 0.1) is 7.11 Å². The van der Waals surface area contributed by atoms with Crippen LogP contribution in [0, 0.1) is 17.8 Å². The number of rotatable bonds is 5. The Morgan fingerprint density at radius 2 is 1.58 bits per heavy atom. The summed E-state index contributed by atoms with van der Waals surface area (Å²) in [4.78, 5) is 17.4. The minimum atomic E-state index is 0.0772. The Labute approximate surface area is 143 Å². The highest BCUT2D eigenvalue weighted by Gasteiger charge is 2.66. The molecule has 0 aromatic heterocycles. The summed E-state index contributed by atoms with van der Waals surface area (Å²) in [5.41, 5.74) is 2.83. The molecule has 0 aliphatic heterocycles. The number of hydroxylamine groups is 2. The van der Waals surface area contributed by atoms with Gasteiger partial charge in [0.1, 0.15) is 0 Å². The van der Waals surface area contributed by atoms with Crippen molar-refractivity contribution in [1.29, 1.82) is 0 Å². The van der Waals surface area contributed by atoms with Crippen LogP contribution in [-0.4, -0.2) is 25.1 Å². The summed E-state index contributed by atoms with van der Waals surface area (Å²) in [6, 6.07) is 21.5. The summed E-state index contributed by atoms with van der Waals surface area (Å²) < 4.78 is 0. The zero-order valence-electron chi connectivity index (χ0n) is 14.2. The van der Waals surface area contributed by atoms with Gasteiger partial charge in [0.15, 0.2) is 0 Å². The zero-order chi connectivity index (χ0) is 16.7. The van der Waals surface area contributed by atoms with E-state index >= 15 is 0 Å². The average molecular weight is 321 g/mol. The van der Waals surface area contributed by atoms with Crippen LogP contribution >= 0.6 is 0 Å². The Morgan fingerprint density at radius 3 is 2.08 bits per heavy atom. The maximum absolute atomic E-state index is 12.4. The highest BCUT2D eigenvalue weighted by molar-refractivity contribution is 5.81. The van der Waals surface area contributed by atoms with Crippen molar-refractivity contribution in [1.82, 2.24) is 5.06 Å². The van der Waals surface area contributed by atoms with Gasteiger partial charge in [-0.3, -0.25) is 9.63 Å². The molecule has 0 spiro atoms. The van der Waals surface area contributed by atoms with Crippen molar-refractivity contribution in [3.8, 4) is 0 Å². The smallest absolute Gasteiger partial charge is 0.249 e. The van der Waals surface area contributed by atoms with Gasteiger partial charge < -0.3 is 0 Å². The highest BCUT2D eigenvalue weighted by atomic mass is 16.7. The lowest BCUT2D eigenvalue weighted by molar-refractivity contribution is -0.170. The predicted octanol–water partition coefficient (Wildman–Crippen LogP) is 3.65. The van der Waals surface area contributed by atoms with Gasteiger partial charge in [0.2, 0.25) is 5.91 Å². The van der Waals surface area contributed by atoms with Gasteiger partial charge in [-0.25, -0.2) is 5.06 Å². The molecule has 0 unspecified atom stereocenters. The number of hydrogen-bond acceptors (Lipinski definition) is 2. The second-order valence-electron chi connectivity index (χ2n) is 7.04. The maximum Gasteiger partial charge on any atom is 0.249 e. The normalized spacial score (nSPS) is 26.7. The minimum absolute atomic E-state index is 0.0772. The van der Waals surface area contributed by atoms with Gasteiger partial charge in [-0.2, -0.15) is 0 Å². The van der Waals surface area contributed by atoms with Crippen LogP contribution in [0.3, 0.4) is 0 Å². The van der Waals surface area contributed by atoms with Crippen LogP contribution in [0.2, 0.25) is 0 Å². The van der Waals surface area contributed by atoms with E-state index in [2.05, 4.69) is 60.7 Å². The monoisotopic (exact) mass is 321 g/mol. The van der Waals surface area contributed by atoms with Crippen LogP contribution in [0.25, 0.3) is 0 Å². The molecule has 0 heterocycles. The lowest BCUT2D eigenvalue weighted by atomic mass is 9.84. The molecule has 3 heteroatoms. The second kappa shape index (κ2) is 5.75. The van der Waals surface area contributed by atoms with Crippen molar-refractivity contribution in [3.63, 3.8) is 0 Å². The molecule has 2 saturated carbocycles. The fourth-order valence-corrected chi connectivity index (χ4v) is 4.37. The van der Waals surface area contributed by atoms with E-state index in [1.165, 1.54) is 16.2 Å². The second-order valence-corrected chi connectivity index (χ2v) is 7.04. The van der Waals surface area contributed by atoms with Crippen molar-refractivity contribution >= 4 is 5.91 Å². The van der Waals surface area contributed by atoms with Gasteiger partial charge in [0, 0.05) is 18.4 Å². The number of amides is 1. The Kier molecular flexibility index (Phi) is 3.69. The number of nitrogens with zero attached hydrogens (tertiary/aromatic N) is 1. The van der Waals surface area contributed by atoms with Crippen LogP contribution in [0.1, 0.15) is 24.0 Å². The van der Waals surface area contributed by atoms with E-state index in [4.69, 9.17) is 4.84 Å². The molecule has 0 radical (unpaired) electrons. The molecule has 0 saturated heterocycles. The van der Waals surface area contributed by atoms with Crippen LogP contribution in [0.5, 0.6) is 0 Å². The van der Waals surface area contributed by atoms with E-state index in [9.17, 15) is 4.79 Å². The van der Waals surface area contributed by atoms with Gasteiger partial charge in [-0.05, 0) is 35.8 Å². The van der Waals surface area contributed by atoms with Crippen LogP contribution in [-0.2, 0) is 15.0 Å². The summed E-state index contributed by atoms with van der Waals surface area (Å²) in [5, 5.41) is 1.37. The lowest BCUT2D eigenvalue weighted by Crippen LogP contribution is -2.27. The third-order valence-electron chi connectivity index (χ3n) is 5.85. The first-order chi connectivity index (χ1) is 11.7. The van der Waals surface area contributed by atoms with E-state index in [0.717, 1.165) is 12.8 Å². The Morgan fingerprint density at radius 1 is 1.04 bits per heavy atom. The quantitative estimate of drug-likeness (QED) is 0.787. The van der Waals surface area contributed by atoms with Crippen molar-refractivity contribution in [2.24, 2.45) is 17.8 Å². The van der Waals surface area contributed by atoms with Gasteiger partial charge in [-0.15, -0.1) is 0 Å². The summed E-state index contributed by atoms with van der Waals surface area (Å²) in [6.45, 7) is 0. The number of hydrogen-bond donors (Lipinski definition) is 0. The van der Waals surface area contributed by atoms with E-state index in [1.807, 2.05) is 0 Å². The summed E-state index contributed by atoms with van der Waals surface area (Å²) >= 11 is 0. The summed E-state index contributed by atoms with van der Waals surface area (Å²) in [7, 11) is 3.25. The van der Waals surface area contributed by atoms with E-state index < -0.39 is 0 Å². The molecule has 124 valence electrons. The van der Waals surface area contributed by atoms with Crippen molar-refractivity contribution in [3.05, 3.63) is 71.8 Å². The third kappa shape index (κ3) is 2.35. The molecular weight excluding hydrogens is 298 g/mol. The molecular formula is C21H23NO2. The largest absolute Gasteiger partial charge is 0.275 e. The van der Waals surface area contributed by atoms with Gasteiger partial charge in [-0.1, -0.05) is 60.7 Å². The van der Waals surface area contributed by atoms with E-state index in [-0.39, 0.29) is 17.2 Å². The molecule has 3 nitrogen and oxygen atoms in total. The van der Waals surface area contributed by atoms with Crippen molar-refractivity contribution < 1.29 is 9.63 Å². The van der Waals surface area contributed by atoms with Crippen molar-refractivity contribution in [2.75, 3.05) is 14.2 Å². The first-order valence-electron chi connectivity index (χ1n) is 8.61. The number of carbonyl (C=O) groups excluding carboxylic acids is 1. The highest BCUT2D eigenvalue weighted by Crippen LogP contribution is 2.68. The molecule has 24 heavy (non-hydrogen) atoms. The molecule has 2 aliphatic rings. The first-order valence-corrected chi connectivity index (χ1v) is 8.61. The van der Waals surface area contributed by atoms with E-state index in [1.54, 1.807) is 14.2 Å². The fourth-order valence-electron chi connectivity index (χ4n) is 4.37. The molecule has 0 N–H and O–H groups in total. The first kappa shape index (κ1) is 15.4. The Bertz CT molecular complexity index is 689. The Hall–Kier alpha value is -2.13. The Balaban J connectivity index is 1.62.